The number of hydrogen-bond acceptors (Lipinski definition) is 2. The number of nitrogens with zero attached hydrogens (tertiary/aromatic N) is 4. The number of aryl methyl sites for hydroxylation is 2. The summed E-state index contributed by atoms with van der Waals surface area (Å²) in [6.07, 6.45) is 6.56. The SMILES string of the molecule is CCNC(=NCCc1ccncc1C)N(C)Cc1cc(Cl)cn1C.I. The van der Waals surface area contributed by atoms with Crippen LogP contribution in [0.1, 0.15) is 23.7 Å². The monoisotopic (exact) mass is 475 g/mol. The lowest BCUT2D eigenvalue weighted by Gasteiger charge is -2.22. The number of aromatic nitrogens is 2. The first-order chi connectivity index (χ1) is 11.5. The van der Waals surface area contributed by atoms with Gasteiger partial charge in [-0.15, -0.1) is 24.0 Å². The van der Waals surface area contributed by atoms with Crippen molar-refractivity contribution in [1.29, 1.82) is 0 Å². The van der Waals surface area contributed by atoms with Crippen LogP contribution >= 0.6 is 35.6 Å². The summed E-state index contributed by atoms with van der Waals surface area (Å²) < 4.78 is 2.04. The number of hydrogen-bond donors (Lipinski definition) is 1. The second-order valence-electron chi connectivity index (χ2n) is 5.90. The van der Waals surface area contributed by atoms with Gasteiger partial charge in [-0.05, 0) is 43.5 Å². The third kappa shape index (κ3) is 6.51. The topological polar surface area (TPSA) is 45.5 Å². The molecule has 0 spiro atoms. The summed E-state index contributed by atoms with van der Waals surface area (Å²) in [5.41, 5.74) is 3.66. The van der Waals surface area contributed by atoms with E-state index in [1.165, 1.54) is 11.1 Å². The number of rotatable bonds is 6. The van der Waals surface area contributed by atoms with E-state index in [0.29, 0.717) is 0 Å². The van der Waals surface area contributed by atoms with Gasteiger partial charge >= 0.3 is 0 Å². The molecule has 25 heavy (non-hydrogen) atoms. The summed E-state index contributed by atoms with van der Waals surface area (Å²) in [4.78, 5) is 11.0. The molecule has 0 saturated carbocycles. The zero-order valence-electron chi connectivity index (χ0n) is 15.3. The average molecular weight is 476 g/mol. The van der Waals surface area contributed by atoms with Gasteiger partial charge in [0, 0.05) is 51.5 Å². The summed E-state index contributed by atoms with van der Waals surface area (Å²) in [7, 11) is 4.05. The number of aliphatic imine (C=N–C) groups is 1. The van der Waals surface area contributed by atoms with Crippen LogP contribution in [0, 0.1) is 6.92 Å². The lowest BCUT2D eigenvalue weighted by Crippen LogP contribution is -2.39. The van der Waals surface area contributed by atoms with Crippen LogP contribution in [0.25, 0.3) is 0 Å². The Labute approximate surface area is 172 Å². The van der Waals surface area contributed by atoms with Crippen LogP contribution in [0.15, 0.2) is 35.7 Å². The predicted molar refractivity (Wildman–Crippen MR) is 116 cm³/mol. The zero-order chi connectivity index (χ0) is 17.5. The molecule has 0 saturated heterocycles. The highest BCUT2D eigenvalue weighted by Gasteiger charge is 2.09. The molecule has 0 radical (unpaired) electrons. The molecule has 0 atom stereocenters. The van der Waals surface area contributed by atoms with Gasteiger partial charge in [0.15, 0.2) is 5.96 Å². The summed E-state index contributed by atoms with van der Waals surface area (Å²) in [6, 6.07) is 4.05. The quantitative estimate of drug-likeness (QED) is 0.394. The molecule has 2 aromatic rings. The first kappa shape index (κ1) is 21.8. The maximum atomic E-state index is 6.07. The highest BCUT2D eigenvalue weighted by molar-refractivity contribution is 14.0. The number of nitrogens with one attached hydrogen (secondary N) is 1. The first-order valence-electron chi connectivity index (χ1n) is 8.21. The minimum Gasteiger partial charge on any atom is -0.357 e. The van der Waals surface area contributed by atoms with Crippen LogP contribution in [-0.4, -0.2) is 40.5 Å². The van der Waals surface area contributed by atoms with Crippen molar-refractivity contribution in [3.8, 4) is 0 Å². The van der Waals surface area contributed by atoms with Gasteiger partial charge in [-0.25, -0.2) is 0 Å². The van der Waals surface area contributed by atoms with E-state index in [2.05, 4.69) is 35.1 Å². The Balaban J connectivity index is 0.00000312. The molecule has 5 nitrogen and oxygen atoms in total. The van der Waals surface area contributed by atoms with Crippen LogP contribution in [0.5, 0.6) is 0 Å². The number of guanidine groups is 1. The molecule has 0 bridgehead atoms. The van der Waals surface area contributed by atoms with Gasteiger partial charge in [0.05, 0.1) is 11.6 Å². The third-order valence-electron chi connectivity index (χ3n) is 3.95. The van der Waals surface area contributed by atoms with E-state index >= 15 is 0 Å². The Kier molecular flexibility index (Phi) is 9.27. The van der Waals surface area contributed by atoms with Gasteiger partial charge in [-0.1, -0.05) is 11.6 Å². The van der Waals surface area contributed by atoms with Crippen LogP contribution in [0.2, 0.25) is 5.02 Å². The molecule has 138 valence electrons. The lowest BCUT2D eigenvalue weighted by molar-refractivity contribution is 0.462. The molecular weight excluding hydrogens is 449 g/mol. The fourth-order valence-corrected chi connectivity index (χ4v) is 2.85. The summed E-state index contributed by atoms with van der Waals surface area (Å²) in [5.74, 6) is 0.904. The van der Waals surface area contributed by atoms with E-state index in [1.54, 1.807) is 0 Å². The van der Waals surface area contributed by atoms with Crippen LogP contribution in [-0.2, 0) is 20.0 Å². The van der Waals surface area contributed by atoms with Gasteiger partial charge in [-0.3, -0.25) is 9.98 Å². The van der Waals surface area contributed by atoms with Crippen molar-refractivity contribution < 1.29 is 0 Å². The summed E-state index contributed by atoms with van der Waals surface area (Å²) in [6.45, 7) is 6.50. The Morgan fingerprint density at radius 3 is 2.80 bits per heavy atom. The molecule has 0 aliphatic carbocycles. The third-order valence-corrected chi connectivity index (χ3v) is 4.16. The highest BCUT2D eigenvalue weighted by atomic mass is 127. The first-order valence-corrected chi connectivity index (χ1v) is 8.58. The van der Waals surface area contributed by atoms with E-state index in [0.717, 1.165) is 42.7 Å². The molecule has 0 aliphatic heterocycles. The van der Waals surface area contributed by atoms with E-state index in [1.807, 2.05) is 43.3 Å². The summed E-state index contributed by atoms with van der Waals surface area (Å²) in [5, 5.41) is 4.11. The van der Waals surface area contributed by atoms with Gasteiger partial charge in [-0.2, -0.15) is 0 Å². The maximum Gasteiger partial charge on any atom is 0.194 e. The minimum absolute atomic E-state index is 0. The molecule has 0 amide bonds. The van der Waals surface area contributed by atoms with Crippen molar-refractivity contribution >= 4 is 41.5 Å². The van der Waals surface area contributed by atoms with Crippen LogP contribution in [0.4, 0.5) is 0 Å². The number of pyridine rings is 1. The molecule has 0 aromatic carbocycles. The molecule has 0 unspecified atom stereocenters. The van der Waals surface area contributed by atoms with Crippen molar-refractivity contribution in [2.24, 2.45) is 12.0 Å². The Hall–Kier alpha value is -1.28. The smallest absolute Gasteiger partial charge is 0.194 e. The van der Waals surface area contributed by atoms with E-state index in [-0.39, 0.29) is 24.0 Å². The molecular formula is C18H27ClIN5. The Morgan fingerprint density at radius 1 is 1.44 bits per heavy atom. The molecule has 2 heterocycles. The molecule has 2 rings (SSSR count). The van der Waals surface area contributed by atoms with Crippen molar-refractivity contribution in [1.82, 2.24) is 19.8 Å². The lowest BCUT2D eigenvalue weighted by atomic mass is 10.1. The van der Waals surface area contributed by atoms with E-state index in [4.69, 9.17) is 16.6 Å². The maximum absolute atomic E-state index is 6.07. The Bertz CT molecular complexity index is 699. The van der Waals surface area contributed by atoms with Crippen molar-refractivity contribution in [3.63, 3.8) is 0 Å². The predicted octanol–water partition coefficient (Wildman–Crippen LogP) is 3.64. The van der Waals surface area contributed by atoms with Crippen LogP contribution < -0.4 is 5.32 Å². The molecule has 2 aromatic heterocycles. The van der Waals surface area contributed by atoms with Crippen molar-refractivity contribution in [2.75, 3.05) is 20.1 Å². The van der Waals surface area contributed by atoms with Gasteiger partial charge in [0.25, 0.3) is 0 Å². The average Bonchev–Trinajstić information content (AvgIpc) is 2.85. The summed E-state index contributed by atoms with van der Waals surface area (Å²) >= 11 is 6.07. The van der Waals surface area contributed by atoms with Gasteiger partial charge in [0.1, 0.15) is 0 Å². The van der Waals surface area contributed by atoms with Crippen molar-refractivity contribution in [2.45, 2.75) is 26.8 Å². The fourth-order valence-electron chi connectivity index (χ4n) is 2.58. The van der Waals surface area contributed by atoms with E-state index < -0.39 is 0 Å². The standard InChI is InChI=1S/C18H26ClN5.HI/c1-5-21-18(22-9-7-15-6-8-20-11-14(15)2)24(4)13-17-10-16(19)12-23(17)3;/h6,8,10-12H,5,7,9,13H2,1-4H3,(H,21,22);1H. The molecule has 0 fully saturated rings. The second kappa shape index (κ2) is 10.7. The van der Waals surface area contributed by atoms with Crippen molar-refractivity contribution in [3.05, 3.63) is 52.6 Å². The molecule has 0 aliphatic rings. The minimum atomic E-state index is 0. The van der Waals surface area contributed by atoms with Crippen LogP contribution in [0.3, 0.4) is 0 Å². The van der Waals surface area contributed by atoms with Gasteiger partial charge in [0.2, 0.25) is 0 Å². The van der Waals surface area contributed by atoms with Gasteiger partial charge < -0.3 is 14.8 Å². The second-order valence-corrected chi connectivity index (χ2v) is 6.34. The normalized spacial score (nSPS) is 11.2. The van der Waals surface area contributed by atoms with E-state index in [9.17, 15) is 0 Å². The molecule has 7 heteroatoms. The highest BCUT2D eigenvalue weighted by Crippen LogP contribution is 2.14. The molecule has 1 N–H and O–H groups in total. The Morgan fingerprint density at radius 2 is 2.20 bits per heavy atom. The number of halogens is 2. The zero-order valence-corrected chi connectivity index (χ0v) is 18.4. The largest absolute Gasteiger partial charge is 0.357 e. The fraction of sp³-hybridized carbons (Fsp3) is 0.444.